The Hall–Kier alpha value is -2.66. The molecule has 0 fully saturated rings. The molecule has 3 aromatic rings. The number of anilines is 1. The van der Waals surface area contributed by atoms with Gasteiger partial charge < -0.3 is 4.90 Å². The van der Waals surface area contributed by atoms with Crippen molar-refractivity contribution in [2.75, 3.05) is 19.0 Å². The number of nitrogens with zero attached hydrogens (tertiary/aromatic N) is 2. The van der Waals surface area contributed by atoms with E-state index in [9.17, 15) is 9.59 Å². The first-order chi connectivity index (χ1) is 12.5. The van der Waals surface area contributed by atoms with Crippen LogP contribution < -0.4 is 4.90 Å². The lowest BCUT2D eigenvalue weighted by Gasteiger charge is -2.16. The van der Waals surface area contributed by atoms with Gasteiger partial charge in [0.15, 0.2) is 0 Å². The topological polar surface area (TPSA) is 40.6 Å². The maximum atomic E-state index is 13.0. The van der Waals surface area contributed by atoms with Gasteiger partial charge in [-0.05, 0) is 34.5 Å². The van der Waals surface area contributed by atoms with E-state index in [0.717, 1.165) is 26.5 Å². The van der Waals surface area contributed by atoms with E-state index in [4.69, 9.17) is 0 Å². The van der Waals surface area contributed by atoms with Gasteiger partial charge in [0.05, 0.1) is 17.7 Å². The first-order valence-corrected chi connectivity index (χ1v) is 9.10. The van der Waals surface area contributed by atoms with E-state index in [1.165, 1.54) is 4.90 Å². The van der Waals surface area contributed by atoms with Crippen molar-refractivity contribution in [1.82, 2.24) is 4.90 Å². The molecular weight excluding hydrogens is 392 g/mol. The summed E-state index contributed by atoms with van der Waals surface area (Å²) in [6.45, 7) is 0.270. The second-order valence-electron chi connectivity index (χ2n) is 6.58. The fourth-order valence-corrected chi connectivity index (χ4v) is 3.90. The molecule has 5 heteroatoms. The summed E-state index contributed by atoms with van der Waals surface area (Å²) < 4.78 is 0.824. The van der Waals surface area contributed by atoms with Crippen molar-refractivity contribution in [2.45, 2.75) is 6.54 Å². The second kappa shape index (κ2) is 6.25. The molecule has 0 atom stereocenters. The summed E-state index contributed by atoms with van der Waals surface area (Å²) in [6, 6.07) is 17.3. The number of rotatable bonds is 3. The van der Waals surface area contributed by atoms with Crippen LogP contribution in [0.25, 0.3) is 10.8 Å². The maximum Gasteiger partial charge on any atom is 0.262 e. The SMILES string of the molecule is CN(C)c1ccc(CN2C(=O)c3cc(Br)c4ccccc4c3C2=O)cc1. The summed E-state index contributed by atoms with van der Waals surface area (Å²) in [6.07, 6.45) is 0. The van der Waals surface area contributed by atoms with Crippen molar-refractivity contribution in [3.63, 3.8) is 0 Å². The molecule has 1 aliphatic heterocycles. The van der Waals surface area contributed by atoms with Crippen molar-refractivity contribution in [3.8, 4) is 0 Å². The molecule has 0 aromatic heterocycles. The van der Waals surface area contributed by atoms with E-state index in [1.807, 2.05) is 67.5 Å². The van der Waals surface area contributed by atoms with Crippen LogP contribution in [0.4, 0.5) is 5.69 Å². The van der Waals surface area contributed by atoms with E-state index >= 15 is 0 Å². The monoisotopic (exact) mass is 408 g/mol. The van der Waals surface area contributed by atoms with Crippen molar-refractivity contribution < 1.29 is 9.59 Å². The van der Waals surface area contributed by atoms with Gasteiger partial charge in [-0.2, -0.15) is 0 Å². The van der Waals surface area contributed by atoms with E-state index < -0.39 is 0 Å². The zero-order chi connectivity index (χ0) is 18.4. The van der Waals surface area contributed by atoms with Crippen LogP contribution in [-0.2, 0) is 6.54 Å². The van der Waals surface area contributed by atoms with Gasteiger partial charge in [-0.15, -0.1) is 0 Å². The van der Waals surface area contributed by atoms with Crippen LogP contribution in [0.15, 0.2) is 59.1 Å². The molecule has 0 N–H and O–H groups in total. The molecule has 0 radical (unpaired) electrons. The number of carbonyl (C=O) groups is 2. The standard InChI is InChI=1S/C21H17BrN2O2/c1-23(2)14-9-7-13(8-10-14)12-24-20(25)17-11-18(22)15-5-3-4-6-16(15)19(17)21(24)26/h3-11H,12H2,1-2H3. The predicted molar refractivity (Wildman–Crippen MR) is 107 cm³/mol. The average molecular weight is 409 g/mol. The number of benzene rings is 3. The third-order valence-corrected chi connectivity index (χ3v) is 5.38. The third kappa shape index (κ3) is 2.59. The fourth-order valence-electron chi connectivity index (χ4n) is 3.33. The van der Waals surface area contributed by atoms with Crippen LogP contribution in [0, 0.1) is 0 Å². The molecular formula is C21H17BrN2O2. The Bertz CT molecular complexity index is 1040. The molecule has 130 valence electrons. The Labute approximate surface area is 160 Å². The van der Waals surface area contributed by atoms with Crippen molar-refractivity contribution in [2.24, 2.45) is 0 Å². The molecule has 4 nitrogen and oxygen atoms in total. The first-order valence-electron chi connectivity index (χ1n) is 8.31. The normalized spacial score (nSPS) is 13.4. The molecule has 0 saturated carbocycles. The fraction of sp³-hybridized carbons (Fsp3) is 0.143. The molecule has 26 heavy (non-hydrogen) atoms. The Balaban J connectivity index is 1.72. The van der Waals surface area contributed by atoms with Gasteiger partial charge in [-0.25, -0.2) is 0 Å². The van der Waals surface area contributed by atoms with Crippen molar-refractivity contribution >= 4 is 44.2 Å². The summed E-state index contributed by atoms with van der Waals surface area (Å²) in [5, 5.41) is 1.74. The van der Waals surface area contributed by atoms with Gasteiger partial charge in [0.25, 0.3) is 11.8 Å². The number of fused-ring (bicyclic) bond motifs is 3. The quantitative estimate of drug-likeness (QED) is 0.600. The third-order valence-electron chi connectivity index (χ3n) is 4.72. The molecule has 0 bridgehead atoms. The number of carbonyl (C=O) groups excluding carboxylic acids is 2. The van der Waals surface area contributed by atoms with Crippen LogP contribution >= 0.6 is 15.9 Å². The van der Waals surface area contributed by atoms with E-state index in [1.54, 1.807) is 6.07 Å². The van der Waals surface area contributed by atoms with Crippen LogP contribution in [0.1, 0.15) is 26.3 Å². The Morgan fingerprint density at radius 3 is 2.23 bits per heavy atom. The molecule has 1 heterocycles. The Morgan fingerprint density at radius 2 is 1.58 bits per heavy atom. The highest BCUT2D eigenvalue weighted by molar-refractivity contribution is 9.10. The molecule has 4 rings (SSSR count). The second-order valence-corrected chi connectivity index (χ2v) is 7.44. The van der Waals surface area contributed by atoms with E-state index in [0.29, 0.717) is 11.1 Å². The zero-order valence-electron chi connectivity index (χ0n) is 14.5. The molecule has 2 amide bonds. The average Bonchev–Trinajstić information content (AvgIpc) is 2.87. The number of imide groups is 1. The van der Waals surface area contributed by atoms with Gasteiger partial charge in [-0.1, -0.05) is 52.3 Å². The molecule has 1 aliphatic rings. The minimum Gasteiger partial charge on any atom is -0.378 e. The summed E-state index contributed by atoms with van der Waals surface area (Å²) in [4.78, 5) is 29.2. The molecule has 0 unspecified atom stereocenters. The molecule has 0 saturated heterocycles. The number of hydrogen-bond acceptors (Lipinski definition) is 3. The first kappa shape index (κ1) is 16.8. The van der Waals surface area contributed by atoms with Crippen LogP contribution in [0.5, 0.6) is 0 Å². The van der Waals surface area contributed by atoms with E-state index in [2.05, 4.69) is 15.9 Å². The largest absolute Gasteiger partial charge is 0.378 e. The number of hydrogen-bond donors (Lipinski definition) is 0. The van der Waals surface area contributed by atoms with Crippen LogP contribution in [-0.4, -0.2) is 30.8 Å². The lowest BCUT2D eigenvalue weighted by Crippen LogP contribution is -2.29. The highest BCUT2D eigenvalue weighted by Gasteiger charge is 2.37. The summed E-state index contributed by atoms with van der Waals surface area (Å²) in [7, 11) is 3.95. The Kier molecular flexibility index (Phi) is 4.04. The van der Waals surface area contributed by atoms with E-state index in [-0.39, 0.29) is 18.4 Å². The highest BCUT2D eigenvalue weighted by atomic mass is 79.9. The summed E-state index contributed by atoms with van der Waals surface area (Å²) in [5.41, 5.74) is 2.96. The molecule has 0 aliphatic carbocycles. The van der Waals surface area contributed by atoms with Crippen LogP contribution in [0.3, 0.4) is 0 Å². The highest BCUT2D eigenvalue weighted by Crippen LogP contribution is 2.35. The van der Waals surface area contributed by atoms with Crippen molar-refractivity contribution in [1.29, 1.82) is 0 Å². The maximum absolute atomic E-state index is 13.0. The smallest absolute Gasteiger partial charge is 0.262 e. The lowest BCUT2D eigenvalue weighted by molar-refractivity contribution is 0.0643. The minimum atomic E-state index is -0.242. The number of amides is 2. The van der Waals surface area contributed by atoms with Crippen LogP contribution in [0.2, 0.25) is 0 Å². The van der Waals surface area contributed by atoms with Crippen molar-refractivity contribution in [3.05, 3.63) is 75.8 Å². The zero-order valence-corrected chi connectivity index (χ0v) is 16.1. The van der Waals surface area contributed by atoms with Gasteiger partial charge in [0.2, 0.25) is 0 Å². The van der Waals surface area contributed by atoms with Gasteiger partial charge in [0, 0.05) is 24.3 Å². The molecule has 0 spiro atoms. The van der Waals surface area contributed by atoms with Gasteiger partial charge >= 0.3 is 0 Å². The van der Waals surface area contributed by atoms with Gasteiger partial charge in [-0.3, -0.25) is 14.5 Å². The van der Waals surface area contributed by atoms with Gasteiger partial charge in [0.1, 0.15) is 0 Å². The molecule has 3 aromatic carbocycles. The predicted octanol–water partition coefficient (Wildman–Crippen LogP) is 4.46. The number of halogens is 1. The lowest BCUT2D eigenvalue weighted by atomic mass is 10.0. The summed E-state index contributed by atoms with van der Waals surface area (Å²) >= 11 is 3.52. The Morgan fingerprint density at radius 1 is 0.923 bits per heavy atom. The summed E-state index contributed by atoms with van der Waals surface area (Å²) in [5.74, 6) is -0.474. The minimum absolute atomic E-state index is 0.231.